The first-order valence-corrected chi connectivity index (χ1v) is 8.92. The van der Waals surface area contributed by atoms with E-state index in [1.807, 2.05) is 44.4 Å². The first kappa shape index (κ1) is 18.3. The number of carbonyl (C=O) groups is 1. The van der Waals surface area contributed by atoms with Gasteiger partial charge in [0.15, 0.2) is 0 Å². The molecule has 1 aromatic rings. The van der Waals surface area contributed by atoms with Crippen LogP contribution in [-0.4, -0.2) is 35.7 Å². The average molecular weight is 330 g/mol. The molecule has 0 aliphatic heterocycles. The van der Waals surface area contributed by atoms with Gasteiger partial charge in [-0.3, -0.25) is 4.79 Å². The highest BCUT2D eigenvalue weighted by molar-refractivity contribution is 7.98. The molecule has 0 aliphatic carbocycles. The Morgan fingerprint density at radius 3 is 2.67 bits per heavy atom. The summed E-state index contributed by atoms with van der Waals surface area (Å²) in [6.45, 7) is 4.14. The Morgan fingerprint density at radius 1 is 1.43 bits per heavy atom. The molecule has 118 valence electrons. The van der Waals surface area contributed by atoms with Crippen LogP contribution >= 0.6 is 23.4 Å². The van der Waals surface area contributed by atoms with Crippen LogP contribution in [-0.2, 0) is 4.79 Å². The van der Waals surface area contributed by atoms with Gasteiger partial charge in [0.1, 0.15) is 0 Å². The summed E-state index contributed by atoms with van der Waals surface area (Å²) in [6.07, 6.45) is 2.57. The molecule has 3 nitrogen and oxygen atoms in total. The normalized spacial score (nSPS) is 14.0. The van der Waals surface area contributed by atoms with Gasteiger partial charge in [-0.1, -0.05) is 37.6 Å². The van der Waals surface area contributed by atoms with E-state index in [4.69, 9.17) is 16.7 Å². The van der Waals surface area contributed by atoms with Gasteiger partial charge >= 0.3 is 0 Å². The molecule has 2 N–H and O–H groups in total. The fraction of sp³-hybridized carbons (Fsp3) is 0.562. The number of benzene rings is 1. The summed E-state index contributed by atoms with van der Waals surface area (Å²) >= 11 is 7.70. The van der Waals surface area contributed by atoms with E-state index in [2.05, 4.69) is 5.32 Å². The summed E-state index contributed by atoms with van der Waals surface area (Å²) in [5, 5.41) is 12.8. The van der Waals surface area contributed by atoms with Crippen molar-refractivity contribution in [2.45, 2.75) is 32.2 Å². The lowest BCUT2D eigenvalue weighted by atomic mass is 9.87. The van der Waals surface area contributed by atoms with Crippen molar-refractivity contribution in [3.05, 3.63) is 34.9 Å². The molecule has 2 atom stereocenters. The van der Waals surface area contributed by atoms with Crippen LogP contribution in [0.15, 0.2) is 24.3 Å². The number of hydrogen-bond acceptors (Lipinski definition) is 3. The summed E-state index contributed by atoms with van der Waals surface area (Å²) in [6, 6.07) is 7.46. The van der Waals surface area contributed by atoms with E-state index < -0.39 is 0 Å². The van der Waals surface area contributed by atoms with E-state index in [-0.39, 0.29) is 30.4 Å². The molecule has 1 aromatic carbocycles. The molecule has 0 fully saturated rings. The minimum absolute atomic E-state index is 0.000216. The maximum atomic E-state index is 12.6. The lowest BCUT2D eigenvalue weighted by molar-refractivity contribution is -0.124. The van der Waals surface area contributed by atoms with E-state index >= 15 is 0 Å². The van der Waals surface area contributed by atoms with Crippen molar-refractivity contribution < 1.29 is 9.90 Å². The highest BCUT2D eigenvalue weighted by atomic mass is 35.5. The SMILES string of the molecule is CSCC(CCO)NC(=O)C(c1cccc(Cl)c1)C(C)C. The van der Waals surface area contributed by atoms with Gasteiger partial charge in [-0.15, -0.1) is 0 Å². The van der Waals surface area contributed by atoms with Crippen molar-refractivity contribution in [2.75, 3.05) is 18.6 Å². The lowest BCUT2D eigenvalue weighted by Gasteiger charge is -2.24. The zero-order valence-corrected chi connectivity index (χ0v) is 14.4. The third kappa shape index (κ3) is 5.89. The Hall–Kier alpha value is -0.710. The van der Waals surface area contributed by atoms with Gasteiger partial charge in [0.25, 0.3) is 0 Å². The minimum Gasteiger partial charge on any atom is -0.396 e. The summed E-state index contributed by atoms with van der Waals surface area (Å²) in [7, 11) is 0. The Kier molecular flexibility index (Phi) is 8.15. The second-order valence-corrected chi connectivity index (χ2v) is 6.80. The summed E-state index contributed by atoms with van der Waals surface area (Å²) in [5.74, 6) is 0.742. The van der Waals surface area contributed by atoms with Crippen molar-refractivity contribution in [1.29, 1.82) is 0 Å². The maximum absolute atomic E-state index is 12.6. The van der Waals surface area contributed by atoms with E-state index in [9.17, 15) is 4.79 Å². The second kappa shape index (κ2) is 9.34. The quantitative estimate of drug-likeness (QED) is 0.769. The van der Waals surface area contributed by atoms with Crippen LogP contribution in [0.1, 0.15) is 31.7 Å². The van der Waals surface area contributed by atoms with Gasteiger partial charge in [0.05, 0.1) is 5.92 Å². The molecular formula is C16H24ClNO2S. The van der Waals surface area contributed by atoms with Gasteiger partial charge < -0.3 is 10.4 Å². The highest BCUT2D eigenvalue weighted by Gasteiger charge is 2.26. The molecule has 0 saturated carbocycles. The fourth-order valence-corrected chi connectivity index (χ4v) is 3.24. The number of amides is 1. The number of rotatable bonds is 8. The highest BCUT2D eigenvalue weighted by Crippen LogP contribution is 2.27. The van der Waals surface area contributed by atoms with Crippen LogP contribution in [0.2, 0.25) is 5.02 Å². The van der Waals surface area contributed by atoms with Crippen LogP contribution in [0.25, 0.3) is 0 Å². The zero-order chi connectivity index (χ0) is 15.8. The largest absolute Gasteiger partial charge is 0.396 e. The van der Waals surface area contributed by atoms with Gasteiger partial charge in [0.2, 0.25) is 5.91 Å². The van der Waals surface area contributed by atoms with Gasteiger partial charge in [-0.05, 0) is 36.3 Å². The number of hydrogen-bond donors (Lipinski definition) is 2. The molecule has 0 bridgehead atoms. The van der Waals surface area contributed by atoms with Crippen molar-refractivity contribution in [1.82, 2.24) is 5.32 Å². The van der Waals surface area contributed by atoms with Crippen molar-refractivity contribution >= 4 is 29.3 Å². The van der Waals surface area contributed by atoms with Gasteiger partial charge in [0, 0.05) is 23.4 Å². The average Bonchev–Trinajstić information content (AvgIpc) is 2.39. The van der Waals surface area contributed by atoms with Crippen LogP contribution in [0, 0.1) is 5.92 Å². The molecule has 0 saturated heterocycles. The third-order valence-electron chi connectivity index (χ3n) is 3.35. The first-order valence-electron chi connectivity index (χ1n) is 7.15. The molecule has 21 heavy (non-hydrogen) atoms. The number of halogens is 1. The second-order valence-electron chi connectivity index (χ2n) is 5.45. The summed E-state index contributed by atoms with van der Waals surface area (Å²) in [4.78, 5) is 12.6. The maximum Gasteiger partial charge on any atom is 0.228 e. The number of aliphatic hydroxyl groups excluding tert-OH is 1. The number of aliphatic hydroxyl groups is 1. The first-order chi connectivity index (χ1) is 9.99. The smallest absolute Gasteiger partial charge is 0.228 e. The monoisotopic (exact) mass is 329 g/mol. The van der Waals surface area contributed by atoms with E-state index in [1.54, 1.807) is 11.8 Å². The lowest BCUT2D eigenvalue weighted by Crippen LogP contribution is -2.41. The van der Waals surface area contributed by atoms with Crippen molar-refractivity contribution in [2.24, 2.45) is 5.92 Å². The Balaban J connectivity index is 2.87. The predicted molar refractivity (Wildman–Crippen MR) is 91.0 cm³/mol. The Labute approximate surface area is 136 Å². The van der Waals surface area contributed by atoms with E-state index in [0.717, 1.165) is 11.3 Å². The molecular weight excluding hydrogens is 306 g/mol. The minimum atomic E-state index is -0.230. The van der Waals surface area contributed by atoms with E-state index in [0.29, 0.717) is 11.4 Å². The zero-order valence-electron chi connectivity index (χ0n) is 12.8. The van der Waals surface area contributed by atoms with Crippen LogP contribution in [0.3, 0.4) is 0 Å². The summed E-state index contributed by atoms with van der Waals surface area (Å²) < 4.78 is 0. The molecule has 0 spiro atoms. The molecule has 1 amide bonds. The van der Waals surface area contributed by atoms with Gasteiger partial charge in [-0.2, -0.15) is 11.8 Å². The van der Waals surface area contributed by atoms with Crippen molar-refractivity contribution in [3.63, 3.8) is 0 Å². The molecule has 1 rings (SSSR count). The Bertz CT molecular complexity index is 448. The van der Waals surface area contributed by atoms with E-state index in [1.165, 1.54) is 0 Å². The number of carbonyl (C=O) groups excluding carboxylic acids is 1. The molecule has 5 heteroatoms. The summed E-state index contributed by atoms with van der Waals surface area (Å²) in [5.41, 5.74) is 0.932. The fourth-order valence-electron chi connectivity index (χ4n) is 2.38. The van der Waals surface area contributed by atoms with Crippen LogP contribution in [0.4, 0.5) is 0 Å². The Morgan fingerprint density at radius 2 is 2.14 bits per heavy atom. The predicted octanol–water partition coefficient (Wildman–Crippen LogP) is 3.31. The molecule has 0 heterocycles. The number of thioether (sulfide) groups is 1. The molecule has 0 aliphatic rings. The van der Waals surface area contributed by atoms with Crippen LogP contribution < -0.4 is 5.32 Å². The molecule has 0 radical (unpaired) electrons. The van der Waals surface area contributed by atoms with Crippen LogP contribution in [0.5, 0.6) is 0 Å². The molecule has 2 unspecified atom stereocenters. The topological polar surface area (TPSA) is 49.3 Å². The van der Waals surface area contributed by atoms with Crippen molar-refractivity contribution in [3.8, 4) is 0 Å². The molecule has 0 aromatic heterocycles. The number of nitrogens with one attached hydrogen (secondary N) is 1. The standard InChI is InChI=1S/C16H24ClNO2S/c1-11(2)15(12-5-4-6-13(17)9-12)16(20)18-14(7-8-19)10-21-3/h4-6,9,11,14-15,19H,7-8,10H2,1-3H3,(H,18,20). The van der Waals surface area contributed by atoms with Gasteiger partial charge in [-0.25, -0.2) is 0 Å². The third-order valence-corrected chi connectivity index (χ3v) is 4.32.